The second kappa shape index (κ2) is 4.50. The first-order valence-corrected chi connectivity index (χ1v) is 5.02. The summed E-state index contributed by atoms with van der Waals surface area (Å²) < 4.78 is 8.74. The van der Waals surface area contributed by atoms with Crippen LogP contribution in [0.4, 0.5) is 0 Å². The van der Waals surface area contributed by atoms with E-state index in [1.54, 1.807) is 0 Å². The summed E-state index contributed by atoms with van der Waals surface area (Å²) in [5, 5.41) is 5.25. The van der Waals surface area contributed by atoms with Gasteiger partial charge in [0.25, 0.3) is 0 Å². The van der Waals surface area contributed by atoms with E-state index in [0.717, 1.165) is 19.8 Å². The lowest BCUT2D eigenvalue weighted by atomic mass is 10.2. The minimum atomic E-state index is -3.13. The highest BCUT2D eigenvalue weighted by Gasteiger charge is 2.29. The molecule has 6 nitrogen and oxygen atoms in total. The number of hydrogen-bond acceptors (Lipinski definition) is 4. The third-order valence-electron chi connectivity index (χ3n) is 1.76. The van der Waals surface area contributed by atoms with E-state index in [4.69, 9.17) is 18.9 Å². The standard InChI is InChI=1S/C5H10N2O.H2O3Si/c1-2-8-7-4-6-3-5(1)7;1-4(2)3/h5-6H,1-4H2;1-2H. The number of hydrogen-bond donors (Lipinski definition) is 3. The molecule has 2 fully saturated rings. The summed E-state index contributed by atoms with van der Waals surface area (Å²) in [4.78, 5) is 19.6. The fourth-order valence-electron chi connectivity index (χ4n) is 1.28. The molecule has 3 N–H and O–H groups in total. The minimum absolute atomic E-state index is 0.676. The zero-order valence-electron chi connectivity index (χ0n) is 6.56. The van der Waals surface area contributed by atoms with Crippen molar-refractivity contribution in [3.8, 4) is 0 Å². The molecular weight excluding hydrogens is 180 g/mol. The molecule has 12 heavy (non-hydrogen) atoms. The molecule has 7 heteroatoms. The third kappa shape index (κ3) is 2.86. The Morgan fingerprint density at radius 1 is 1.58 bits per heavy atom. The summed E-state index contributed by atoms with van der Waals surface area (Å²) in [7, 11) is -3.13. The quantitative estimate of drug-likeness (QED) is 0.383. The van der Waals surface area contributed by atoms with E-state index in [2.05, 4.69) is 5.32 Å². The smallest absolute Gasteiger partial charge is 0.511 e. The van der Waals surface area contributed by atoms with Crippen LogP contribution in [0.5, 0.6) is 0 Å². The summed E-state index contributed by atoms with van der Waals surface area (Å²) in [5.74, 6) is 0. The Balaban J connectivity index is 0.000000157. The van der Waals surface area contributed by atoms with Gasteiger partial charge in [-0.1, -0.05) is 0 Å². The molecule has 0 bridgehead atoms. The Bertz CT molecular complexity index is 144. The van der Waals surface area contributed by atoms with Crippen LogP contribution in [0.3, 0.4) is 0 Å². The monoisotopic (exact) mass is 192 g/mol. The summed E-state index contributed by atoms with van der Waals surface area (Å²) in [6.07, 6.45) is 1.20. The highest BCUT2D eigenvalue weighted by molar-refractivity contribution is 6.22. The maximum atomic E-state index is 8.74. The highest BCUT2D eigenvalue weighted by Crippen LogP contribution is 2.15. The van der Waals surface area contributed by atoms with Crippen molar-refractivity contribution < 1.29 is 18.9 Å². The van der Waals surface area contributed by atoms with Crippen LogP contribution < -0.4 is 5.32 Å². The van der Waals surface area contributed by atoms with Gasteiger partial charge >= 0.3 is 9.17 Å². The first-order chi connectivity index (χ1) is 5.70. The fraction of sp³-hybridized carbons (Fsp3) is 1.00. The Morgan fingerprint density at radius 2 is 2.25 bits per heavy atom. The molecule has 2 aliphatic heterocycles. The zero-order chi connectivity index (χ0) is 8.97. The van der Waals surface area contributed by atoms with Crippen molar-refractivity contribution in [2.45, 2.75) is 12.5 Å². The SMILES string of the molecule is C1CC2CNCN2O1.O=[Si](O)O. The number of hydroxylamine groups is 2. The average molecular weight is 192 g/mol. The van der Waals surface area contributed by atoms with Crippen LogP contribution in [-0.2, 0) is 9.30 Å². The Kier molecular flexibility index (Phi) is 3.60. The Labute approximate surface area is 71.6 Å². The van der Waals surface area contributed by atoms with Crippen LogP contribution >= 0.6 is 0 Å². The van der Waals surface area contributed by atoms with Gasteiger partial charge in [0.15, 0.2) is 0 Å². The van der Waals surface area contributed by atoms with Crippen molar-refractivity contribution in [3.05, 3.63) is 0 Å². The molecular formula is C5H12N2O4Si. The van der Waals surface area contributed by atoms with E-state index < -0.39 is 9.17 Å². The molecule has 0 aromatic rings. The van der Waals surface area contributed by atoms with Crippen molar-refractivity contribution in [1.82, 2.24) is 10.4 Å². The van der Waals surface area contributed by atoms with E-state index in [1.165, 1.54) is 6.42 Å². The molecule has 70 valence electrons. The fourth-order valence-corrected chi connectivity index (χ4v) is 1.28. The van der Waals surface area contributed by atoms with Gasteiger partial charge in [0, 0.05) is 6.54 Å². The van der Waals surface area contributed by atoms with Crippen LogP contribution in [0.2, 0.25) is 0 Å². The molecule has 2 aliphatic rings. The van der Waals surface area contributed by atoms with Crippen molar-refractivity contribution in [3.63, 3.8) is 0 Å². The van der Waals surface area contributed by atoms with Crippen LogP contribution in [0, 0.1) is 0 Å². The lowest BCUT2D eigenvalue weighted by molar-refractivity contribution is -0.114. The second-order valence-electron chi connectivity index (χ2n) is 2.59. The summed E-state index contributed by atoms with van der Waals surface area (Å²) in [6, 6.07) is 0.676. The molecule has 2 heterocycles. The molecule has 0 radical (unpaired) electrons. The molecule has 0 aromatic carbocycles. The number of fused-ring (bicyclic) bond motifs is 1. The van der Waals surface area contributed by atoms with Crippen molar-refractivity contribution >= 4 is 9.17 Å². The molecule has 0 aromatic heterocycles. The third-order valence-corrected chi connectivity index (χ3v) is 1.76. The summed E-state index contributed by atoms with van der Waals surface area (Å²) >= 11 is 0. The second-order valence-corrected chi connectivity index (χ2v) is 3.15. The van der Waals surface area contributed by atoms with Crippen LogP contribution in [0.25, 0.3) is 0 Å². The predicted molar refractivity (Wildman–Crippen MR) is 39.9 cm³/mol. The van der Waals surface area contributed by atoms with Crippen molar-refractivity contribution in [2.24, 2.45) is 0 Å². The molecule has 2 rings (SSSR count). The maximum absolute atomic E-state index is 8.74. The van der Waals surface area contributed by atoms with Gasteiger partial charge < -0.3 is 14.9 Å². The topological polar surface area (TPSA) is 82.0 Å². The Hall–Kier alpha value is -0.503. The number of nitrogens with zero attached hydrogens (tertiary/aromatic N) is 1. The normalized spacial score (nSPS) is 27.5. The van der Waals surface area contributed by atoms with Gasteiger partial charge in [-0.3, -0.25) is 9.30 Å². The molecule has 1 atom stereocenters. The average Bonchev–Trinajstić information content (AvgIpc) is 2.40. The van der Waals surface area contributed by atoms with E-state index >= 15 is 0 Å². The molecule has 0 saturated carbocycles. The van der Waals surface area contributed by atoms with Crippen LogP contribution in [0.15, 0.2) is 0 Å². The summed E-state index contributed by atoms with van der Waals surface area (Å²) in [5.41, 5.74) is 0. The molecule has 2 saturated heterocycles. The van der Waals surface area contributed by atoms with E-state index in [0.29, 0.717) is 6.04 Å². The van der Waals surface area contributed by atoms with Crippen LogP contribution in [0.1, 0.15) is 6.42 Å². The van der Waals surface area contributed by atoms with Crippen molar-refractivity contribution in [1.29, 1.82) is 0 Å². The van der Waals surface area contributed by atoms with Gasteiger partial charge in [0.2, 0.25) is 0 Å². The van der Waals surface area contributed by atoms with Gasteiger partial charge in [0.1, 0.15) is 0 Å². The summed E-state index contributed by atoms with van der Waals surface area (Å²) in [6.45, 7) is 2.96. The van der Waals surface area contributed by atoms with E-state index in [-0.39, 0.29) is 0 Å². The van der Waals surface area contributed by atoms with Gasteiger partial charge in [-0.2, -0.15) is 5.06 Å². The van der Waals surface area contributed by atoms with Gasteiger partial charge in [-0.25, -0.2) is 0 Å². The van der Waals surface area contributed by atoms with E-state index in [1.807, 2.05) is 5.06 Å². The largest absolute Gasteiger partial charge is 0.761 e. The lowest BCUT2D eigenvalue weighted by Crippen LogP contribution is -2.22. The number of nitrogens with one attached hydrogen (secondary N) is 1. The first-order valence-electron chi connectivity index (χ1n) is 3.72. The highest BCUT2D eigenvalue weighted by atomic mass is 28.3. The Morgan fingerprint density at radius 3 is 2.83 bits per heavy atom. The zero-order valence-corrected chi connectivity index (χ0v) is 7.56. The molecule has 1 unspecified atom stereocenters. The van der Waals surface area contributed by atoms with Gasteiger partial charge in [-0.05, 0) is 6.42 Å². The molecule has 0 spiro atoms. The van der Waals surface area contributed by atoms with Gasteiger partial charge in [0.05, 0.1) is 19.3 Å². The molecule has 0 aliphatic carbocycles. The molecule has 0 amide bonds. The predicted octanol–water partition coefficient (Wildman–Crippen LogP) is -2.06. The van der Waals surface area contributed by atoms with Crippen molar-refractivity contribution in [2.75, 3.05) is 19.8 Å². The maximum Gasteiger partial charge on any atom is 0.761 e. The van der Waals surface area contributed by atoms with E-state index in [9.17, 15) is 0 Å². The van der Waals surface area contributed by atoms with Crippen LogP contribution in [-0.4, -0.2) is 49.7 Å². The lowest BCUT2D eigenvalue weighted by Gasteiger charge is -2.08. The first kappa shape index (κ1) is 9.58. The van der Waals surface area contributed by atoms with Gasteiger partial charge in [-0.15, -0.1) is 0 Å². The minimum Gasteiger partial charge on any atom is -0.511 e. The number of rotatable bonds is 0.